The largest absolute Gasteiger partial charge is 0.338 e. The smallest absolute Gasteiger partial charge is 0.243 e. The summed E-state index contributed by atoms with van der Waals surface area (Å²) in [6.45, 7) is 4.06. The Labute approximate surface area is 115 Å². The molecule has 0 radical (unpaired) electrons. The number of rotatable bonds is 4. The summed E-state index contributed by atoms with van der Waals surface area (Å²) in [6, 6.07) is 7.84. The molecule has 0 spiro atoms. The monoisotopic (exact) mass is 309 g/mol. The molecule has 2 N–H and O–H groups in total. The summed E-state index contributed by atoms with van der Waals surface area (Å²) < 4.78 is 6.24. The Hall–Kier alpha value is -1.20. The van der Waals surface area contributed by atoms with E-state index in [0.717, 1.165) is 10.0 Å². The molecule has 0 unspecified atom stereocenters. The Morgan fingerprint density at radius 3 is 2.83 bits per heavy atom. The molecule has 1 heterocycles. The van der Waals surface area contributed by atoms with Crippen molar-refractivity contribution >= 4 is 15.9 Å². The van der Waals surface area contributed by atoms with Gasteiger partial charge in [-0.2, -0.15) is 4.98 Å². The third-order valence-electron chi connectivity index (χ3n) is 2.74. The van der Waals surface area contributed by atoms with Crippen molar-refractivity contribution < 1.29 is 4.52 Å². The first-order valence-electron chi connectivity index (χ1n) is 5.89. The van der Waals surface area contributed by atoms with E-state index in [0.29, 0.717) is 18.1 Å². The summed E-state index contributed by atoms with van der Waals surface area (Å²) in [5.41, 5.74) is 7.10. The van der Waals surface area contributed by atoms with Gasteiger partial charge >= 0.3 is 0 Å². The fourth-order valence-corrected chi connectivity index (χ4v) is 2.04. The van der Waals surface area contributed by atoms with E-state index in [1.807, 2.05) is 38.1 Å². The van der Waals surface area contributed by atoms with Crippen molar-refractivity contribution in [2.45, 2.75) is 26.3 Å². The summed E-state index contributed by atoms with van der Waals surface area (Å²) in [7, 11) is 0. The van der Waals surface area contributed by atoms with E-state index in [4.69, 9.17) is 10.3 Å². The van der Waals surface area contributed by atoms with E-state index in [1.54, 1.807) is 0 Å². The highest BCUT2D eigenvalue weighted by atomic mass is 79.9. The van der Waals surface area contributed by atoms with E-state index in [9.17, 15) is 0 Å². The van der Waals surface area contributed by atoms with Crippen LogP contribution in [-0.2, 0) is 6.42 Å². The van der Waals surface area contributed by atoms with E-state index in [-0.39, 0.29) is 12.0 Å². The molecule has 0 saturated heterocycles. The molecule has 0 aliphatic rings. The number of nitrogens with zero attached hydrogens (tertiary/aromatic N) is 2. The number of halogens is 1. The maximum Gasteiger partial charge on any atom is 0.243 e. The predicted molar refractivity (Wildman–Crippen MR) is 73.0 cm³/mol. The van der Waals surface area contributed by atoms with Crippen molar-refractivity contribution in [2.75, 3.05) is 0 Å². The zero-order chi connectivity index (χ0) is 13.1. The summed E-state index contributed by atoms with van der Waals surface area (Å²) in [6.07, 6.45) is 0.647. The van der Waals surface area contributed by atoms with Gasteiger partial charge < -0.3 is 10.3 Å². The standard InChI is InChI=1S/C13H16BrN3O/c1-8(2)12(15)13-16-11(17-18-13)7-9-4-3-5-10(14)6-9/h3-6,8,12H,7,15H2,1-2H3/t12-/m1/s1. The Morgan fingerprint density at radius 1 is 1.39 bits per heavy atom. The van der Waals surface area contributed by atoms with Crippen molar-refractivity contribution in [3.8, 4) is 0 Å². The van der Waals surface area contributed by atoms with Gasteiger partial charge in [0, 0.05) is 10.9 Å². The maximum absolute atomic E-state index is 5.96. The Kier molecular flexibility index (Phi) is 4.14. The molecule has 0 aliphatic carbocycles. The second-order valence-corrected chi connectivity index (χ2v) is 5.54. The minimum atomic E-state index is -0.200. The first-order chi connectivity index (χ1) is 8.56. The highest BCUT2D eigenvalue weighted by Crippen LogP contribution is 2.18. The van der Waals surface area contributed by atoms with Gasteiger partial charge in [0.05, 0.1) is 6.04 Å². The van der Waals surface area contributed by atoms with Crippen LogP contribution in [0.15, 0.2) is 33.3 Å². The highest BCUT2D eigenvalue weighted by molar-refractivity contribution is 9.10. The average Bonchev–Trinajstić information content (AvgIpc) is 2.76. The fourth-order valence-electron chi connectivity index (χ4n) is 1.59. The summed E-state index contributed by atoms with van der Waals surface area (Å²) >= 11 is 3.44. The zero-order valence-corrected chi connectivity index (χ0v) is 12.0. The van der Waals surface area contributed by atoms with Crippen molar-refractivity contribution in [3.05, 3.63) is 46.0 Å². The lowest BCUT2D eigenvalue weighted by Crippen LogP contribution is -2.17. The van der Waals surface area contributed by atoms with Crippen LogP contribution in [0.25, 0.3) is 0 Å². The van der Waals surface area contributed by atoms with Crippen molar-refractivity contribution in [1.82, 2.24) is 10.1 Å². The van der Waals surface area contributed by atoms with Gasteiger partial charge in [0.1, 0.15) is 0 Å². The van der Waals surface area contributed by atoms with Gasteiger partial charge in [-0.1, -0.05) is 47.1 Å². The van der Waals surface area contributed by atoms with Crippen LogP contribution in [0.5, 0.6) is 0 Å². The zero-order valence-electron chi connectivity index (χ0n) is 10.4. The van der Waals surface area contributed by atoms with Gasteiger partial charge in [0.2, 0.25) is 5.89 Å². The minimum absolute atomic E-state index is 0.200. The predicted octanol–water partition coefficient (Wildman–Crippen LogP) is 3.08. The van der Waals surface area contributed by atoms with Crippen LogP contribution in [0, 0.1) is 5.92 Å². The fraction of sp³-hybridized carbons (Fsp3) is 0.385. The van der Waals surface area contributed by atoms with Gasteiger partial charge in [-0.25, -0.2) is 0 Å². The number of hydrogen-bond donors (Lipinski definition) is 1. The van der Waals surface area contributed by atoms with Crippen LogP contribution in [-0.4, -0.2) is 10.1 Å². The number of benzene rings is 1. The van der Waals surface area contributed by atoms with Gasteiger partial charge in [-0.15, -0.1) is 0 Å². The number of aromatic nitrogens is 2. The molecule has 1 aromatic carbocycles. The Bertz CT molecular complexity index is 524. The van der Waals surface area contributed by atoms with Crippen molar-refractivity contribution in [2.24, 2.45) is 11.7 Å². The normalized spacial score (nSPS) is 12.9. The molecule has 4 nitrogen and oxygen atoms in total. The van der Waals surface area contributed by atoms with Gasteiger partial charge in [-0.3, -0.25) is 0 Å². The first-order valence-corrected chi connectivity index (χ1v) is 6.68. The third kappa shape index (κ3) is 3.17. The molecule has 2 rings (SSSR count). The second kappa shape index (κ2) is 5.63. The minimum Gasteiger partial charge on any atom is -0.338 e. The topological polar surface area (TPSA) is 64.9 Å². The number of hydrogen-bond acceptors (Lipinski definition) is 4. The van der Waals surface area contributed by atoms with E-state index in [1.165, 1.54) is 0 Å². The molecule has 1 atom stereocenters. The average molecular weight is 310 g/mol. The van der Waals surface area contributed by atoms with E-state index < -0.39 is 0 Å². The molecule has 0 fully saturated rings. The molecule has 0 aliphatic heterocycles. The molecule has 0 bridgehead atoms. The summed E-state index contributed by atoms with van der Waals surface area (Å²) in [5, 5.41) is 3.96. The summed E-state index contributed by atoms with van der Waals surface area (Å²) in [5.74, 6) is 1.46. The van der Waals surface area contributed by atoms with E-state index in [2.05, 4.69) is 26.1 Å². The van der Waals surface area contributed by atoms with E-state index >= 15 is 0 Å². The van der Waals surface area contributed by atoms with Crippen LogP contribution >= 0.6 is 15.9 Å². The van der Waals surface area contributed by atoms with Crippen molar-refractivity contribution in [1.29, 1.82) is 0 Å². The van der Waals surface area contributed by atoms with Crippen LogP contribution in [0.2, 0.25) is 0 Å². The lowest BCUT2D eigenvalue weighted by atomic mass is 10.1. The molecule has 5 heteroatoms. The molecule has 96 valence electrons. The quantitative estimate of drug-likeness (QED) is 0.942. The number of nitrogens with two attached hydrogens (primary N) is 1. The van der Waals surface area contributed by atoms with Crippen LogP contribution in [0.4, 0.5) is 0 Å². The Balaban J connectivity index is 2.11. The SMILES string of the molecule is CC(C)[C@@H](N)c1nc(Cc2cccc(Br)c2)no1. The Morgan fingerprint density at radius 2 is 2.17 bits per heavy atom. The van der Waals surface area contributed by atoms with Crippen LogP contribution in [0.1, 0.15) is 37.2 Å². The van der Waals surface area contributed by atoms with Gasteiger partial charge in [0.25, 0.3) is 0 Å². The van der Waals surface area contributed by atoms with Crippen LogP contribution in [0.3, 0.4) is 0 Å². The molecular weight excluding hydrogens is 294 g/mol. The molecular formula is C13H16BrN3O. The van der Waals surface area contributed by atoms with Gasteiger partial charge in [0.15, 0.2) is 5.82 Å². The second-order valence-electron chi connectivity index (χ2n) is 4.63. The molecule has 18 heavy (non-hydrogen) atoms. The highest BCUT2D eigenvalue weighted by Gasteiger charge is 2.17. The van der Waals surface area contributed by atoms with Crippen LogP contribution < -0.4 is 5.73 Å². The molecule has 2 aromatic rings. The first kappa shape index (κ1) is 13.2. The molecule has 0 amide bonds. The van der Waals surface area contributed by atoms with Gasteiger partial charge in [-0.05, 0) is 23.6 Å². The maximum atomic E-state index is 5.96. The summed E-state index contributed by atoms with van der Waals surface area (Å²) in [4.78, 5) is 4.34. The molecule has 1 aromatic heterocycles. The lowest BCUT2D eigenvalue weighted by molar-refractivity contribution is 0.322. The molecule has 0 saturated carbocycles. The third-order valence-corrected chi connectivity index (χ3v) is 3.23. The lowest BCUT2D eigenvalue weighted by Gasteiger charge is -2.09. The van der Waals surface area contributed by atoms with Crippen molar-refractivity contribution in [3.63, 3.8) is 0 Å².